The van der Waals surface area contributed by atoms with Crippen LogP contribution in [0.25, 0.3) is 0 Å². The molecule has 108 valence electrons. The Hall–Kier alpha value is -1.96. The first-order valence-electron chi connectivity index (χ1n) is 5.78. The summed E-state index contributed by atoms with van der Waals surface area (Å²) < 4.78 is 0.105. The van der Waals surface area contributed by atoms with Gasteiger partial charge in [0, 0.05) is 12.6 Å². The van der Waals surface area contributed by atoms with Crippen molar-refractivity contribution in [2.75, 3.05) is 6.54 Å². The smallest absolute Gasteiger partial charge is 0.306 e. The van der Waals surface area contributed by atoms with E-state index in [2.05, 4.69) is 21.2 Å². The second-order valence-corrected chi connectivity index (χ2v) is 4.97. The lowest BCUT2D eigenvalue weighted by Gasteiger charge is -2.09. The first-order chi connectivity index (χ1) is 9.34. The maximum absolute atomic E-state index is 11.9. The number of nitro benzene ring substituents is 1. The number of nitrogens with zero attached hydrogens (tertiary/aromatic N) is 1. The normalized spacial score (nSPS) is 11.7. The lowest BCUT2D eigenvalue weighted by atomic mass is 10.1. The van der Waals surface area contributed by atoms with Gasteiger partial charge in [0.05, 0.1) is 16.4 Å². The number of nitrogens with one attached hydrogen (secondary N) is 1. The number of rotatable bonds is 6. The molecule has 0 aromatic heterocycles. The monoisotopic (exact) mass is 344 g/mol. The fourth-order valence-corrected chi connectivity index (χ4v) is 2.05. The zero-order valence-electron chi connectivity index (χ0n) is 10.6. The van der Waals surface area contributed by atoms with Gasteiger partial charge in [0.25, 0.3) is 11.6 Å². The van der Waals surface area contributed by atoms with Crippen molar-refractivity contribution in [1.29, 1.82) is 0 Å². The van der Waals surface area contributed by atoms with Gasteiger partial charge in [-0.15, -0.1) is 0 Å². The molecule has 20 heavy (non-hydrogen) atoms. The molecule has 2 N–H and O–H groups in total. The quantitative estimate of drug-likeness (QED) is 0.607. The molecular weight excluding hydrogens is 332 g/mol. The van der Waals surface area contributed by atoms with Crippen LogP contribution in [0.3, 0.4) is 0 Å². The molecule has 0 fully saturated rings. The van der Waals surface area contributed by atoms with E-state index < -0.39 is 22.7 Å². The lowest BCUT2D eigenvalue weighted by molar-refractivity contribution is -0.385. The molecule has 1 amide bonds. The first kappa shape index (κ1) is 16.1. The van der Waals surface area contributed by atoms with Crippen LogP contribution in [0, 0.1) is 16.0 Å². The van der Waals surface area contributed by atoms with Gasteiger partial charge in [-0.25, -0.2) is 0 Å². The predicted octanol–water partition coefficient (Wildman–Crippen LogP) is 2.20. The van der Waals surface area contributed by atoms with Crippen LogP contribution in [0.4, 0.5) is 5.69 Å². The molecule has 0 radical (unpaired) electrons. The second-order valence-electron chi connectivity index (χ2n) is 4.18. The number of nitro groups is 1. The molecule has 0 aliphatic rings. The molecule has 0 spiro atoms. The number of carboxylic acids is 1. The van der Waals surface area contributed by atoms with E-state index in [-0.39, 0.29) is 28.7 Å². The van der Waals surface area contributed by atoms with Crippen molar-refractivity contribution in [2.24, 2.45) is 5.92 Å². The van der Waals surface area contributed by atoms with Crippen molar-refractivity contribution in [3.63, 3.8) is 0 Å². The van der Waals surface area contributed by atoms with Gasteiger partial charge in [0.15, 0.2) is 0 Å². The van der Waals surface area contributed by atoms with Gasteiger partial charge >= 0.3 is 5.97 Å². The summed E-state index contributed by atoms with van der Waals surface area (Å²) in [5.41, 5.74) is -0.0567. The van der Waals surface area contributed by atoms with Crippen LogP contribution >= 0.6 is 15.9 Å². The second kappa shape index (κ2) is 6.99. The van der Waals surface area contributed by atoms with Crippen LogP contribution in [0.1, 0.15) is 23.7 Å². The standard InChI is InChI=1S/C12H13BrN2O5/c1-7(12(17)18)5-6-14-11(16)8-3-2-4-9(10(8)13)15(19)20/h2-4,7H,5-6H2,1H3,(H,14,16)(H,17,18). The molecule has 0 heterocycles. The highest BCUT2D eigenvalue weighted by Crippen LogP contribution is 2.28. The molecule has 1 rings (SSSR count). The van der Waals surface area contributed by atoms with E-state index in [9.17, 15) is 19.7 Å². The summed E-state index contributed by atoms with van der Waals surface area (Å²) in [6, 6.07) is 4.15. The number of carbonyl (C=O) groups excluding carboxylic acids is 1. The predicted molar refractivity (Wildman–Crippen MR) is 74.5 cm³/mol. The fourth-order valence-electron chi connectivity index (χ4n) is 1.46. The Bertz CT molecular complexity index is 547. The van der Waals surface area contributed by atoms with Crippen LogP contribution < -0.4 is 5.32 Å². The van der Waals surface area contributed by atoms with E-state index in [4.69, 9.17) is 5.11 Å². The Balaban J connectivity index is 2.71. The Morgan fingerprint density at radius 2 is 2.15 bits per heavy atom. The third-order valence-corrected chi connectivity index (χ3v) is 3.54. The van der Waals surface area contributed by atoms with E-state index in [1.165, 1.54) is 25.1 Å². The molecule has 7 nitrogen and oxygen atoms in total. The van der Waals surface area contributed by atoms with Crippen molar-refractivity contribution in [3.8, 4) is 0 Å². The van der Waals surface area contributed by atoms with Crippen molar-refractivity contribution in [1.82, 2.24) is 5.32 Å². The number of carboxylic acid groups (broad SMARTS) is 1. The summed E-state index contributed by atoms with van der Waals surface area (Å²) in [6.07, 6.45) is 0.285. The third-order valence-electron chi connectivity index (χ3n) is 2.70. The summed E-state index contributed by atoms with van der Waals surface area (Å²) in [5, 5.41) is 22.0. The Morgan fingerprint density at radius 3 is 2.70 bits per heavy atom. The van der Waals surface area contributed by atoms with Crippen LogP contribution in [-0.4, -0.2) is 28.5 Å². The number of benzene rings is 1. The Morgan fingerprint density at radius 1 is 1.50 bits per heavy atom. The van der Waals surface area contributed by atoms with Crippen LogP contribution in [-0.2, 0) is 4.79 Å². The van der Waals surface area contributed by atoms with Gasteiger partial charge in [0.2, 0.25) is 0 Å². The number of halogens is 1. The summed E-state index contributed by atoms with van der Waals surface area (Å²) in [5.74, 6) is -1.99. The molecule has 0 aliphatic carbocycles. The summed E-state index contributed by atoms with van der Waals surface area (Å²) in [7, 11) is 0. The third kappa shape index (κ3) is 4.02. The highest BCUT2D eigenvalue weighted by atomic mass is 79.9. The molecule has 1 aromatic rings. The molecular formula is C12H13BrN2O5. The summed E-state index contributed by atoms with van der Waals surface area (Å²) in [4.78, 5) is 32.7. The number of carbonyl (C=O) groups is 2. The number of hydrogen-bond donors (Lipinski definition) is 2. The zero-order chi connectivity index (χ0) is 15.3. The first-order valence-corrected chi connectivity index (χ1v) is 6.57. The molecule has 0 saturated heterocycles. The minimum absolute atomic E-state index is 0.105. The van der Waals surface area contributed by atoms with Gasteiger partial charge in [-0.3, -0.25) is 19.7 Å². The molecule has 1 atom stereocenters. The van der Waals surface area contributed by atoms with E-state index in [0.717, 1.165) is 0 Å². The molecule has 0 bridgehead atoms. The molecule has 0 aliphatic heterocycles. The van der Waals surface area contributed by atoms with Gasteiger partial charge in [0.1, 0.15) is 4.47 Å². The van der Waals surface area contributed by atoms with Crippen LogP contribution in [0.5, 0.6) is 0 Å². The average Bonchev–Trinajstić information content (AvgIpc) is 2.38. The molecule has 0 saturated carbocycles. The van der Waals surface area contributed by atoms with Crippen molar-refractivity contribution >= 4 is 33.5 Å². The maximum atomic E-state index is 11.9. The van der Waals surface area contributed by atoms with E-state index in [0.29, 0.717) is 0 Å². The number of aliphatic carboxylic acids is 1. The van der Waals surface area contributed by atoms with E-state index in [1.54, 1.807) is 0 Å². The lowest BCUT2D eigenvalue weighted by Crippen LogP contribution is -2.27. The van der Waals surface area contributed by atoms with E-state index in [1.807, 2.05) is 0 Å². The highest BCUT2D eigenvalue weighted by molar-refractivity contribution is 9.10. The molecule has 8 heteroatoms. The zero-order valence-corrected chi connectivity index (χ0v) is 12.2. The minimum atomic E-state index is -0.934. The highest BCUT2D eigenvalue weighted by Gasteiger charge is 2.19. The number of amides is 1. The Labute approximate surface area is 123 Å². The minimum Gasteiger partial charge on any atom is -0.481 e. The summed E-state index contributed by atoms with van der Waals surface area (Å²) in [6.45, 7) is 1.72. The maximum Gasteiger partial charge on any atom is 0.306 e. The van der Waals surface area contributed by atoms with E-state index >= 15 is 0 Å². The van der Waals surface area contributed by atoms with Gasteiger partial charge < -0.3 is 10.4 Å². The van der Waals surface area contributed by atoms with Gasteiger partial charge in [-0.1, -0.05) is 13.0 Å². The average molecular weight is 345 g/mol. The topological polar surface area (TPSA) is 110 Å². The van der Waals surface area contributed by atoms with Crippen molar-refractivity contribution in [2.45, 2.75) is 13.3 Å². The van der Waals surface area contributed by atoms with Crippen molar-refractivity contribution in [3.05, 3.63) is 38.3 Å². The SMILES string of the molecule is CC(CCNC(=O)c1cccc([N+](=O)[O-])c1Br)C(=O)O. The molecule has 1 unspecified atom stereocenters. The van der Waals surface area contributed by atoms with Gasteiger partial charge in [-0.05, 0) is 28.4 Å². The largest absolute Gasteiger partial charge is 0.481 e. The summed E-state index contributed by atoms with van der Waals surface area (Å²) >= 11 is 3.03. The fraction of sp³-hybridized carbons (Fsp3) is 0.333. The number of hydrogen-bond acceptors (Lipinski definition) is 4. The molecule has 1 aromatic carbocycles. The van der Waals surface area contributed by atoms with Crippen LogP contribution in [0.2, 0.25) is 0 Å². The van der Waals surface area contributed by atoms with Gasteiger partial charge in [-0.2, -0.15) is 0 Å². The van der Waals surface area contributed by atoms with Crippen LogP contribution in [0.15, 0.2) is 22.7 Å². The Kier molecular flexibility index (Phi) is 5.63. The van der Waals surface area contributed by atoms with Crippen molar-refractivity contribution < 1.29 is 19.6 Å².